The van der Waals surface area contributed by atoms with Crippen LogP contribution in [0.25, 0.3) is 5.65 Å². The van der Waals surface area contributed by atoms with Gasteiger partial charge in [-0.05, 0) is 22.9 Å². The van der Waals surface area contributed by atoms with Gasteiger partial charge in [-0.3, -0.25) is 9.40 Å². The first-order valence-electron chi connectivity index (χ1n) is 6.58. The number of anilines is 1. The normalized spacial score (nSPS) is 11.8. The maximum Gasteiger partial charge on any atom is 0.322 e. The molecule has 10 nitrogen and oxygen atoms in total. The third-order valence-electron chi connectivity index (χ3n) is 2.88. The fourth-order valence-corrected chi connectivity index (χ4v) is 3.42. The predicted octanol–water partition coefficient (Wildman–Crippen LogP) is 0.959. The van der Waals surface area contributed by atoms with Crippen LogP contribution in [-0.2, 0) is 17.1 Å². The Labute approximate surface area is 143 Å². The fraction of sp³-hybridized carbons (Fsp3) is 0.273. The number of aryl methyl sites for hydroxylation is 1. The van der Waals surface area contributed by atoms with Crippen LogP contribution in [0.5, 0.6) is 6.01 Å². The summed E-state index contributed by atoms with van der Waals surface area (Å²) < 4.78 is 48.6. The van der Waals surface area contributed by atoms with Gasteiger partial charge in [0.15, 0.2) is 11.5 Å². The van der Waals surface area contributed by atoms with Gasteiger partial charge in [-0.25, -0.2) is 0 Å². The Balaban J connectivity index is 2.07. The smallest absolute Gasteiger partial charge is 0.322 e. The summed E-state index contributed by atoms with van der Waals surface area (Å²) in [6, 6.07) is 0.761. The van der Waals surface area contributed by atoms with E-state index < -0.39 is 21.1 Å². The van der Waals surface area contributed by atoms with Gasteiger partial charge in [0, 0.05) is 13.1 Å². The number of rotatable bonds is 5. The van der Waals surface area contributed by atoms with Gasteiger partial charge >= 0.3 is 16.0 Å². The number of halogens is 2. The van der Waals surface area contributed by atoms with Crippen molar-refractivity contribution in [3.63, 3.8) is 0 Å². The van der Waals surface area contributed by atoms with E-state index in [-0.39, 0.29) is 24.1 Å². The zero-order valence-corrected chi connectivity index (χ0v) is 14.8. The molecule has 0 bridgehead atoms. The fourth-order valence-electron chi connectivity index (χ4n) is 1.85. The molecule has 0 atom stereocenters. The highest BCUT2D eigenvalue weighted by molar-refractivity contribution is 9.10. The molecule has 0 saturated carbocycles. The highest BCUT2D eigenvalue weighted by Crippen LogP contribution is 2.23. The third-order valence-corrected chi connectivity index (χ3v) is 4.58. The Bertz CT molecular complexity index is 997. The topological polar surface area (TPSA) is 116 Å². The van der Waals surface area contributed by atoms with Gasteiger partial charge in [-0.15, -0.1) is 5.10 Å². The Morgan fingerprint density at radius 1 is 1.42 bits per heavy atom. The summed E-state index contributed by atoms with van der Waals surface area (Å²) in [6.45, 7) is 1.88. The summed E-state index contributed by atoms with van der Waals surface area (Å²) in [5.41, 5.74) is -0.0459. The number of nitrogens with zero attached hydrogens (tertiary/aromatic N) is 6. The average Bonchev–Trinajstić information content (AvgIpc) is 3.06. The number of ether oxygens (including phenoxy) is 1. The minimum atomic E-state index is -4.12. The zero-order chi connectivity index (χ0) is 17.5. The molecule has 0 amide bonds. The molecule has 0 saturated heterocycles. The lowest BCUT2D eigenvalue weighted by Gasteiger charge is -2.05. The lowest BCUT2D eigenvalue weighted by molar-refractivity contribution is 0.296. The molecular formula is C11H11BrFN7O3S. The second kappa shape index (κ2) is 5.98. The van der Waals surface area contributed by atoms with Gasteiger partial charge in [0.25, 0.3) is 5.16 Å². The van der Waals surface area contributed by atoms with Crippen molar-refractivity contribution in [1.82, 2.24) is 29.4 Å². The molecule has 0 aliphatic rings. The molecule has 0 fully saturated rings. The van der Waals surface area contributed by atoms with Gasteiger partial charge in [0.1, 0.15) is 0 Å². The van der Waals surface area contributed by atoms with E-state index in [1.807, 2.05) is 0 Å². The van der Waals surface area contributed by atoms with Gasteiger partial charge in [0.05, 0.1) is 17.3 Å². The van der Waals surface area contributed by atoms with Crippen molar-refractivity contribution in [2.75, 3.05) is 11.3 Å². The van der Waals surface area contributed by atoms with E-state index in [4.69, 9.17) is 4.74 Å². The average molecular weight is 420 g/mol. The van der Waals surface area contributed by atoms with Crippen molar-refractivity contribution in [2.24, 2.45) is 7.05 Å². The van der Waals surface area contributed by atoms with E-state index in [1.54, 1.807) is 14.0 Å². The highest BCUT2D eigenvalue weighted by atomic mass is 79.9. The van der Waals surface area contributed by atoms with Gasteiger partial charge in [-0.1, -0.05) is 0 Å². The maximum absolute atomic E-state index is 13.5. The minimum Gasteiger partial charge on any atom is -0.464 e. The largest absolute Gasteiger partial charge is 0.464 e. The van der Waals surface area contributed by atoms with Gasteiger partial charge < -0.3 is 4.74 Å². The highest BCUT2D eigenvalue weighted by Gasteiger charge is 2.25. The van der Waals surface area contributed by atoms with Crippen LogP contribution in [0, 0.1) is 5.95 Å². The molecule has 13 heteroatoms. The monoisotopic (exact) mass is 419 g/mol. The van der Waals surface area contributed by atoms with Crippen LogP contribution in [-0.4, -0.2) is 44.4 Å². The van der Waals surface area contributed by atoms with Crippen LogP contribution < -0.4 is 9.46 Å². The maximum atomic E-state index is 13.5. The molecule has 0 aliphatic carbocycles. The van der Waals surface area contributed by atoms with Crippen LogP contribution in [0.2, 0.25) is 0 Å². The van der Waals surface area contributed by atoms with Gasteiger partial charge in [0.2, 0.25) is 5.95 Å². The van der Waals surface area contributed by atoms with Crippen LogP contribution >= 0.6 is 15.9 Å². The molecule has 3 rings (SSSR count). The summed E-state index contributed by atoms with van der Waals surface area (Å²) in [5.74, 6) is -0.659. The van der Waals surface area contributed by atoms with Crippen molar-refractivity contribution < 1.29 is 17.5 Å². The van der Waals surface area contributed by atoms with Crippen LogP contribution in [0.3, 0.4) is 0 Å². The van der Waals surface area contributed by atoms with E-state index >= 15 is 0 Å². The van der Waals surface area contributed by atoms with E-state index in [0.29, 0.717) is 4.47 Å². The molecule has 1 N–H and O–H groups in total. The lowest BCUT2D eigenvalue weighted by atomic mass is 10.6. The lowest BCUT2D eigenvalue weighted by Crippen LogP contribution is -2.17. The summed E-state index contributed by atoms with van der Waals surface area (Å²) in [6.07, 6.45) is 1.43. The Kier molecular flexibility index (Phi) is 4.13. The van der Waals surface area contributed by atoms with Crippen molar-refractivity contribution in [3.05, 3.63) is 22.7 Å². The van der Waals surface area contributed by atoms with Crippen LogP contribution in [0.4, 0.5) is 10.2 Å². The first-order chi connectivity index (χ1) is 11.3. The predicted molar refractivity (Wildman–Crippen MR) is 83.6 cm³/mol. The molecule has 3 aromatic rings. The first kappa shape index (κ1) is 16.6. The summed E-state index contributed by atoms with van der Waals surface area (Å²) in [5, 5.41) is 7.19. The number of aromatic nitrogens is 6. The van der Waals surface area contributed by atoms with Crippen molar-refractivity contribution in [3.8, 4) is 6.01 Å². The Morgan fingerprint density at radius 3 is 2.79 bits per heavy atom. The Morgan fingerprint density at radius 2 is 2.17 bits per heavy atom. The van der Waals surface area contributed by atoms with E-state index in [0.717, 1.165) is 10.6 Å². The molecule has 24 heavy (non-hydrogen) atoms. The molecule has 0 aliphatic heterocycles. The number of hydrogen-bond donors (Lipinski definition) is 1. The SMILES string of the molecule is CCOc1nc(F)cc2nc(S(=O)(=O)Nc3c(Br)cnn3C)nn12. The van der Waals surface area contributed by atoms with E-state index in [2.05, 4.69) is 40.8 Å². The third kappa shape index (κ3) is 2.91. The second-order valence-electron chi connectivity index (χ2n) is 4.53. The molecular weight excluding hydrogens is 409 g/mol. The molecule has 0 spiro atoms. The number of hydrogen-bond acceptors (Lipinski definition) is 7. The quantitative estimate of drug-likeness (QED) is 0.611. The summed E-state index contributed by atoms with van der Waals surface area (Å²) in [4.78, 5) is 7.35. The van der Waals surface area contributed by atoms with Crippen molar-refractivity contribution >= 4 is 37.4 Å². The van der Waals surface area contributed by atoms with E-state index in [1.165, 1.54) is 10.9 Å². The zero-order valence-electron chi connectivity index (χ0n) is 12.4. The van der Waals surface area contributed by atoms with E-state index in [9.17, 15) is 12.8 Å². The summed E-state index contributed by atoms with van der Waals surface area (Å²) >= 11 is 3.18. The number of nitrogens with one attached hydrogen (secondary N) is 1. The van der Waals surface area contributed by atoms with Gasteiger partial charge in [-0.2, -0.15) is 32.4 Å². The summed E-state index contributed by atoms with van der Waals surface area (Å²) in [7, 11) is -2.56. The van der Waals surface area contributed by atoms with Crippen LogP contribution in [0.15, 0.2) is 21.9 Å². The molecule has 0 radical (unpaired) electrons. The minimum absolute atomic E-state index is 0.0459. The Hall–Kier alpha value is -2.28. The molecule has 3 heterocycles. The van der Waals surface area contributed by atoms with Crippen molar-refractivity contribution in [1.29, 1.82) is 0 Å². The standard InChI is InChI=1S/C11H11BrFN7O3S/c1-3-23-11-15-7(13)4-8-16-10(17-20(8)11)24(21,22)18-9-6(12)5-14-19(9)2/h4-5,18H,3H2,1-2H3. The molecule has 3 aromatic heterocycles. The number of fused-ring (bicyclic) bond motifs is 1. The number of sulfonamides is 1. The van der Waals surface area contributed by atoms with Crippen LogP contribution in [0.1, 0.15) is 6.92 Å². The second-order valence-corrected chi connectivity index (χ2v) is 6.96. The molecule has 0 unspecified atom stereocenters. The first-order valence-corrected chi connectivity index (χ1v) is 8.86. The van der Waals surface area contributed by atoms with Crippen molar-refractivity contribution in [2.45, 2.75) is 12.1 Å². The molecule has 128 valence electrons. The molecule has 0 aromatic carbocycles.